The lowest BCUT2D eigenvalue weighted by Gasteiger charge is -2.57. The van der Waals surface area contributed by atoms with E-state index in [0.29, 0.717) is 36.0 Å². The molecule has 0 saturated heterocycles. The van der Waals surface area contributed by atoms with E-state index < -0.39 is 12.0 Å². The Kier molecular flexibility index (Phi) is 4.47. The van der Waals surface area contributed by atoms with Crippen LogP contribution < -0.4 is 0 Å². The molecule has 2 N–H and O–H groups in total. The van der Waals surface area contributed by atoms with Gasteiger partial charge in [-0.05, 0) is 106 Å². The van der Waals surface area contributed by atoms with Gasteiger partial charge in [0.2, 0.25) is 0 Å². The first-order chi connectivity index (χ1) is 11.8. The third-order valence-electron chi connectivity index (χ3n) is 9.11. The summed E-state index contributed by atoms with van der Waals surface area (Å²) >= 11 is 0. The van der Waals surface area contributed by atoms with Gasteiger partial charge in [0.1, 0.15) is 5.60 Å². The van der Waals surface area contributed by atoms with Crippen LogP contribution in [-0.4, -0.2) is 28.3 Å². The Hall–Kier alpha value is -0.220. The minimum Gasteiger partial charge on any atom is -0.393 e. The summed E-state index contributed by atoms with van der Waals surface area (Å²) in [5.41, 5.74) is -1.47. The Morgan fingerprint density at radius 2 is 1.64 bits per heavy atom. The molecule has 0 aliphatic heterocycles. The third-order valence-corrected chi connectivity index (χ3v) is 9.11. The van der Waals surface area contributed by atoms with Crippen molar-refractivity contribution in [2.75, 3.05) is 0 Å². The van der Waals surface area contributed by atoms with Crippen molar-refractivity contribution >= 4 is 0 Å². The van der Waals surface area contributed by atoms with Crippen LogP contribution in [0.1, 0.15) is 71.6 Å². The normalized spacial score (nSPS) is 53.9. The van der Waals surface area contributed by atoms with E-state index in [-0.39, 0.29) is 23.9 Å². The van der Waals surface area contributed by atoms with Gasteiger partial charge in [0.15, 0.2) is 0 Å². The molecule has 144 valence electrons. The highest BCUT2D eigenvalue weighted by molar-refractivity contribution is 5.08. The van der Waals surface area contributed by atoms with Crippen LogP contribution in [0.3, 0.4) is 0 Å². The summed E-state index contributed by atoms with van der Waals surface area (Å²) < 4.78 is 26.5. The van der Waals surface area contributed by atoms with E-state index in [0.717, 1.165) is 25.7 Å². The zero-order valence-corrected chi connectivity index (χ0v) is 15.6. The number of halogens is 2. The molecule has 25 heavy (non-hydrogen) atoms. The summed E-state index contributed by atoms with van der Waals surface area (Å²) in [6.45, 7) is 4.36. The molecule has 9 atom stereocenters. The van der Waals surface area contributed by atoms with Crippen LogP contribution in [0.15, 0.2) is 0 Å². The van der Waals surface area contributed by atoms with Crippen LogP contribution >= 0.6 is 0 Å². The SMILES string of the molecule is CC(O)[C@H]1CC[C@H]2[C@@H]3CC[C@@H]4C[C@](O)(C(F)F)CC[C@@H]4[C@H]3CC[C@]12C. The molecule has 0 aromatic heterocycles. The molecule has 0 bridgehead atoms. The van der Waals surface area contributed by atoms with Crippen molar-refractivity contribution < 1.29 is 19.0 Å². The number of aliphatic hydroxyl groups is 2. The molecule has 1 unspecified atom stereocenters. The highest BCUT2D eigenvalue weighted by Gasteiger charge is 2.59. The van der Waals surface area contributed by atoms with E-state index in [1.807, 2.05) is 6.92 Å². The number of fused-ring (bicyclic) bond motifs is 5. The van der Waals surface area contributed by atoms with E-state index in [1.54, 1.807) is 0 Å². The van der Waals surface area contributed by atoms with Crippen molar-refractivity contribution in [3.8, 4) is 0 Å². The first-order valence-electron chi connectivity index (χ1n) is 10.4. The average molecular weight is 356 g/mol. The number of rotatable bonds is 2. The maximum Gasteiger partial charge on any atom is 0.266 e. The van der Waals surface area contributed by atoms with Crippen molar-refractivity contribution in [1.29, 1.82) is 0 Å². The quantitative estimate of drug-likeness (QED) is 0.757. The lowest BCUT2D eigenvalue weighted by molar-refractivity contribution is -0.160. The largest absolute Gasteiger partial charge is 0.393 e. The Labute approximate surface area is 150 Å². The van der Waals surface area contributed by atoms with Gasteiger partial charge in [0.05, 0.1) is 6.10 Å². The van der Waals surface area contributed by atoms with Crippen LogP contribution in [0.2, 0.25) is 0 Å². The first kappa shape index (κ1) is 18.2. The third kappa shape index (κ3) is 2.69. The lowest BCUT2D eigenvalue weighted by Crippen LogP contribution is -2.53. The second-order valence-electron chi connectivity index (χ2n) is 10.1. The fraction of sp³-hybridized carbons (Fsp3) is 1.00. The molecule has 2 nitrogen and oxygen atoms in total. The van der Waals surface area contributed by atoms with Gasteiger partial charge in [-0.15, -0.1) is 0 Å². The van der Waals surface area contributed by atoms with E-state index in [2.05, 4.69) is 6.92 Å². The summed E-state index contributed by atoms with van der Waals surface area (Å²) in [6, 6.07) is 0. The Bertz CT molecular complexity index is 510. The van der Waals surface area contributed by atoms with Gasteiger partial charge < -0.3 is 10.2 Å². The fourth-order valence-electron chi connectivity index (χ4n) is 7.94. The maximum atomic E-state index is 13.3. The molecule has 4 aliphatic carbocycles. The highest BCUT2D eigenvalue weighted by atomic mass is 19.3. The Morgan fingerprint density at radius 1 is 0.920 bits per heavy atom. The minimum atomic E-state index is -2.61. The molecule has 0 aromatic rings. The van der Waals surface area contributed by atoms with Gasteiger partial charge in [-0.2, -0.15) is 0 Å². The van der Waals surface area contributed by atoms with Crippen molar-refractivity contribution in [1.82, 2.24) is 0 Å². The van der Waals surface area contributed by atoms with Gasteiger partial charge in [0, 0.05) is 0 Å². The number of alkyl halides is 2. The second kappa shape index (κ2) is 6.15. The van der Waals surface area contributed by atoms with Gasteiger partial charge in [-0.25, -0.2) is 8.78 Å². The molecule has 0 heterocycles. The molecular weight excluding hydrogens is 322 g/mol. The molecule has 0 spiro atoms. The van der Waals surface area contributed by atoms with Gasteiger partial charge in [0.25, 0.3) is 6.43 Å². The standard InChI is InChI=1S/C21H34F2O2/c1-12(24)17-5-6-18-16-4-3-13-11-21(25,19(22)23)10-8-14(13)15(16)7-9-20(17,18)2/h12-19,24-25H,3-11H2,1-2H3/t12?,13-,14+,15-,16-,17-,18+,20-,21+/m1/s1. The van der Waals surface area contributed by atoms with Crippen LogP contribution in [0.5, 0.6) is 0 Å². The molecule has 0 radical (unpaired) electrons. The molecule has 0 aromatic carbocycles. The van der Waals surface area contributed by atoms with Crippen molar-refractivity contribution in [3.05, 3.63) is 0 Å². The van der Waals surface area contributed by atoms with Crippen molar-refractivity contribution in [2.45, 2.75) is 89.8 Å². The zero-order chi connectivity index (χ0) is 18.0. The lowest BCUT2D eigenvalue weighted by atomic mass is 9.49. The monoisotopic (exact) mass is 356 g/mol. The summed E-state index contributed by atoms with van der Waals surface area (Å²) in [7, 11) is 0. The van der Waals surface area contributed by atoms with Crippen molar-refractivity contribution in [3.63, 3.8) is 0 Å². The summed E-state index contributed by atoms with van der Waals surface area (Å²) in [4.78, 5) is 0. The van der Waals surface area contributed by atoms with E-state index >= 15 is 0 Å². The fourth-order valence-corrected chi connectivity index (χ4v) is 7.94. The molecule has 0 amide bonds. The predicted octanol–water partition coefficient (Wildman–Crippen LogP) is 4.63. The van der Waals surface area contributed by atoms with Gasteiger partial charge >= 0.3 is 0 Å². The van der Waals surface area contributed by atoms with E-state index in [4.69, 9.17) is 0 Å². The number of hydrogen-bond donors (Lipinski definition) is 2. The first-order valence-corrected chi connectivity index (χ1v) is 10.4. The molecular formula is C21H34F2O2. The number of hydrogen-bond acceptors (Lipinski definition) is 2. The van der Waals surface area contributed by atoms with E-state index in [1.165, 1.54) is 19.3 Å². The Morgan fingerprint density at radius 3 is 2.32 bits per heavy atom. The van der Waals surface area contributed by atoms with Gasteiger partial charge in [-0.3, -0.25) is 0 Å². The van der Waals surface area contributed by atoms with Crippen LogP contribution in [0.4, 0.5) is 8.78 Å². The average Bonchev–Trinajstić information content (AvgIpc) is 2.91. The predicted molar refractivity (Wildman–Crippen MR) is 93.2 cm³/mol. The van der Waals surface area contributed by atoms with Crippen LogP contribution in [0, 0.1) is 40.9 Å². The molecule has 4 saturated carbocycles. The molecule has 4 rings (SSSR count). The zero-order valence-electron chi connectivity index (χ0n) is 15.6. The summed E-state index contributed by atoms with van der Waals surface area (Å²) in [6.07, 6.45) is 5.39. The van der Waals surface area contributed by atoms with E-state index in [9.17, 15) is 19.0 Å². The minimum absolute atomic E-state index is 0.224. The van der Waals surface area contributed by atoms with Crippen molar-refractivity contribution in [2.24, 2.45) is 40.9 Å². The Balaban J connectivity index is 1.52. The summed E-state index contributed by atoms with van der Waals surface area (Å²) in [5, 5.41) is 20.5. The van der Waals surface area contributed by atoms with Crippen LogP contribution in [-0.2, 0) is 0 Å². The van der Waals surface area contributed by atoms with Crippen LogP contribution in [0.25, 0.3) is 0 Å². The van der Waals surface area contributed by atoms with Gasteiger partial charge in [-0.1, -0.05) is 6.92 Å². The number of aliphatic hydroxyl groups excluding tert-OH is 1. The topological polar surface area (TPSA) is 40.5 Å². The second-order valence-corrected chi connectivity index (χ2v) is 10.1. The molecule has 4 aliphatic rings. The molecule has 4 fully saturated rings. The highest BCUT2D eigenvalue weighted by Crippen LogP contribution is 2.65. The smallest absolute Gasteiger partial charge is 0.266 e. The summed E-state index contributed by atoms with van der Waals surface area (Å²) in [5.74, 6) is 3.31. The molecule has 4 heteroatoms. The maximum absolute atomic E-state index is 13.3.